The first-order valence-electron chi connectivity index (χ1n) is 8.09. The molecule has 0 bridgehead atoms. The van der Waals surface area contributed by atoms with Crippen LogP contribution < -0.4 is 0 Å². The molecule has 0 saturated heterocycles. The fourth-order valence-corrected chi connectivity index (χ4v) is 4.22. The van der Waals surface area contributed by atoms with Crippen molar-refractivity contribution in [1.29, 1.82) is 0 Å². The molecule has 0 amide bonds. The second-order valence-electron chi connectivity index (χ2n) is 4.27. The van der Waals surface area contributed by atoms with Gasteiger partial charge < -0.3 is 26.6 Å². The first-order valence-corrected chi connectivity index (χ1v) is 16.8. The Morgan fingerprint density at radius 2 is 0.889 bits per heavy atom. The van der Waals surface area contributed by atoms with Crippen molar-refractivity contribution >= 4 is 56.8 Å². The molecular formula is C15H33Cl3O6Si3. The SMILES string of the molecule is C=C[Si](Cl)(Cl)Cl.C=C[Si](OC)(OC)OC.C=C[Si](OCC)(OCC)OCC. The smallest absolute Gasteiger partial charge is 0.374 e. The molecule has 0 saturated carbocycles. The maximum atomic E-state index is 5.44. The van der Waals surface area contributed by atoms with Crippen LogP contribution in [0.15, 0.2) is 36.8 Å². The molecule has 0 aromatic carbocycles. The van der Waals surface area contributed by atoms with Gasteiger partial charge in [-0.05, 0) is 32.2 Å². The summed E-state index contributed by atoms with van der Waals surface area (Å²) in [5.74, 6) is 0. The van der Waals surface area contributed by atoms with Gasteiger partial charge in [0.2, 0.25) is 0 Å². The van der Waals surface area contributed by atoms with Crippen LogP contribution in [-0.2, 0) is 26.6 Å². The van der Waals surface area contributed by atoms with E-state index in [9.17, 15) is 0 Å². The minimum absolute atomic E-state index is 0.595. The molecule has 0 unspecified atom stereocenters. The quantitative estimate of drug-likeness (QED) is 0.286. The summed E-state index contributed by atoms with van der Waals surface area (Å²) >= 11 is 15.8. The molecule has 0 spiro atoms. The van der Waals surface area contributed by atoms with Crippen LogP contribution in [0.2, 0.25) is 0 Å². The zero-order valence-corrected chi connectivity index (χ0v) is 22.3. The Kier molecular flexibility index (Phi) is 22.1. The third-order valence-corrected chi connectivity index (χ3v) is 9.25. The Bertz CT molecular complexity index is 368. The molecule has 12 heteroatoms. The highest BCUT2D eigenvalue weighted by atomic mass is 35.8. The van der Waals surface area contributed by atoms with Crippen LogP contribution in [0.1, 0.15) is 20.8 Å². The van der Waals surface area contributed by atoms with Gasteiger partial charge in [0.25, 0.3) is 0 Å². The molecule has 0 aromatic heterocycles. The molecule has 0 aliphatic carbocycles. The van der Waals surface area contributed by atoms with Gasteiger partial charge in [-0.15, -0.1) is 39.8 Å². The minimum atomic E-state index is -2.51. The third kappa shape index (κ3) is 17.1. The molecule has 6 nitrogen and oxygen atoms in total. The van der Waals surface area contributed by atoms with E-state index < -0.39 is 23.6 Å². The van der Waals surface area contributed by atoms with Gasteiger partial charge in [-0.25, -0.2) is 0 Å². The summed E-state index contributed by atoms with van der Waals surface area (Å²) in [6, 6.07) is -2.45. The zero-order chi connectivity index (χ0) is 22.0. The fourth-order valence-electron chi connectivity index (χ4n) is 1.41. The van der Waals surface area contributed by atoms with E-state index in [0.29, 0.717) is 19.8 Å². The van der Waals surface area contributed by atoms with E-state index in [-0.39, 0.29) is 0 Å². The number of rotatable bonds is 12. The molecule has 0 aromatic rings. The Balaban J connectivity index is -0.000000340. The average molecular weight is 500 g/mol. The molecule has 0 heterocycles. The summed E-state index contributed by atoms with van der Waals surface area (Å²) in [6.45, 7) is 18.1. The highest BCUT2D eigenvalue weighted by molar-refractivity contribution is 7.66. The van der Waals surface area contributed by atoms with E-state index in [1.165, 1.54) is 5.70 Å². The lowest BCUT2D eigenvalue weighted by Gasteiger charge is -2.24. The second kappa shape index (κ2) is 18.5. The molecule has 0 fully saturated rings. The summed E-state index contributed by atoms with van der Waals surface area (Å²) in [5, 5.41) is 0. The van der Waals surface area contributed by atoms with Gasteiger partial charge in [0.15, 0.2) is 0 Å². The summed E-state index contributed by atoms with van der Waals surface area (Å²) in [7, 11) is -0.305. The standard InChI is InChI=1S/C8H18O3Si.C5H12O3Si.C2H3Cl3Si/c1-5-9-12(8-4,10-6-2)11-7-3;1-5-9(6-2,7-3)8-4;1-2-6(3,4)5/h8H,4-7H2,1-3H3;5H,1H2,2-4H3;2H,1H2. The Morgan fingerprint density at radius 1 is 0.630 bits per heavy atom. The van der Waals surface area contributed by atoms with E-state index in [1.54, 1.807) is 32.7 Å². The highest BCUT2D eigenvalue weighted by Crippen LogP contribution is 2.19. The van der Waals surface area contributed by atoms with Gasteiger partial charge in [0, 0.05) is 41.2 Å². The summed E-state index contributed by atoms with van der Waals surface area (Å²) < 4.78 is 31.2. The molecule has 0 aliphatic rings. The topological polar surface area (TPSA) is 55.4 Å². The van der Waals surface area contributed by atoms with Crippen LogP contribution in [0.4, 0.5) is 0 Å². The van der Waals surface area contributed by atoms with Crippen LogP contribution in [0.3, 0.4) is 0 Å². The van der Waals surface area contributed by atoms with Crippen LogP contribution in [0.5, 0.6) is 0 Å². The molecule has 27 heavy (non-hydrogen) atoms. The second-order valence-corrected chi connectivity index (χ2v) is 18.2. The molecule has 162 valence electrons. The number of halogens is 3. The van der Waals surface area contributed by atoms with Crippen LogP contribution >= 0.6 is 33.2 Å². The van der Waals surface area contributed by atoms with E-state index in [0.717, 1.165) is 0 Å². The fraction of sp³-hybridized carbons (Fsp3) is 0.600. The van der Waals surface area contributed by atoms with Crippen LogP contribution in [0, 0.1) is 0 Å². The van der Waals surface area contributed by atoms with Crippen molar-refractivity contribution in [2.24, 2.45) is 0 Å². The van der Waals surface area contributed by atoms with Crippen molar-refractivity contribution in [3.8, 4) is 0 Å². The van der Waals surface area contributed by atoms with Gasteiger partial charge in [-0.1, -0.05) is 18.9 Å². The van der Waals surface area contributed by atoms with Gasteiger partial charge in [0.1, 0.15) is 0 Å². The largest absolute Gasteiger partial charge is 0.528 e. The maximum Gasteiger partial charge on any atom is 0.528 e. The molecule has 0 N–H and O–H groups in total. The third-order valence-electron chi connectivity index (χ3n) is 2.62. The summed E-state index contributed by atoms with van der Waals surface area (Å²) in [6.07, 6.45) is 0. The first kappa shape index (κ1) is 32.2. The van der Waals surface area contributed by atoms with Crippen molar-refractivity contribution in [2.75, 3.05) is 41.2 Å². The summed E-state index contributed by atoms with van der Waals surface area (Å²) in [5.41, 5.74) is 4.62. The lowest BCUT2D eigenvalue weighted by Crippen LogP contribution is -2.44. The minimum Gasteiger partial charge on any atom is -0.374 e. The highest BCUT2D eigenvalue weighted by Gasteiger charge is 2.36. The number of hydrogen-bond acceptors (Lipinski definition) is 6. The molecular weight excluding hydrogens is 467 g/mol. The molecule has 0 atom stereocenters. The molecule has 0 radical (unpaired) electrons. The van der Waals surface area contributed by atoms with Crippen LogP contribution in [-0.4, -0.2) is 64.8 Å². The van der Waals surface area contributed by atoms with Crippen molar-refractivity contribution in [3.05, 3.63) is 36.8 Å². The predicted molar refractivity (Wildman–Crippen MR) is 121 cm³/mol. The predicted octanol–water partition coefficient (Wildman–Crippen LogP) is 4.72. The molecule has 0 rings (SSSR count). The Labute approximate surface area is 181 Å². The van der Waals surface area contributed by atoms with Gasteiger partial charge in [0.05, 0.1) is 0 Å². The van der Waals surface area contributed by atoms with Crippen molar-refractivity contribution in [2.45, 2.75) is 20.8 Å². The van der Waals surface area contributed by atoms with E-state index >= 15 is 0 Å². The van der Waals surface area contributed by atoms with Crippen molar-refractivity contribution in [3.63, 3.8) is 0 Å². The maximum absolute atomic E-state index is 5.44. The number of hydrogen-bond donors (Lipinski definition) is 0. The monoisotopic (exact) mass is 498 g/mol. The first-order chi connectivity index (χ1) is 12.5. The Morgan fingerprint density at radius 3 is 0.963 bits per heavy atom. The van der Waals surface area contributed by atoms with Gasteiger partial charge >= 0.3 is 23.6 Å². The van der Waals surface area contributed by atoms with E-state index in [1.807, 2.05) is 20.8 Å². The summed E-state index contributed by atoms with van der Waals surface area (Å²) in [4.78, 5) is 0. The lowest BCUT2D eigenvalue weighted by molar-refractivity contribution is 0.0844. The Hall–Kier alpha value is 0.501. The normalized spacial score (nSPS) is 11.4. The van der Waals surface area contributed by atoms with E-state index in [2.05, 4.69) is 19.7 Å². The van der Waals surface area contributed by atoms with Crippen molar-refractivity contribution < 1.29 is 26.6 Å². The van der Waals surface area contributed by atoms with Crippen molar-refractivity contribution in [1.82, 2.24) is 0 Å². The van der Waals surface area contributed by atoms with Crippen LogP contribution in [0.25, 0.3) is 0 Å². The average Bonchev–Trinajstić information content (AvgIpc) is 2.65. The van der Waals surface area contributed by atoms with Gasteiger partial charge in [-0.3, -0.25) is 0 Å². The van der Waals surface area contributed by atoms with E-state index in [4.69, 9.17) is 59.8 Å². The zero-order valence-electron chi connectivity index (χ0n) is 17.1. The molecule has 0 aliphatic heterocycles. The lowest BCUT2D eigenvalue weighted by atomic mass is 10.9. The van der Waals surface area contributed by atoms with Gasteiger partial charge in [-0.2, -0.15) is 0 Å².